The fourth-order valence-electron chi connectivity index (χ4n) is 3.51. The molecule has 3 nitrogen and oxygen atoms in total. The third-order valence-electron chi connectivity index (χ3n) is 4.51. The predicted molar refractivity (Wildman–Crippen MR) is 79.9 cm³/mol. The standard InChI is InChI=1S/C17H23NO2/c1-17(2)12-14-5-3-4-6-15(14)18(17)16(19)11-13-7-9-20-10-8-13/h3-6,13H,7-12H2,1-2H3. The van der Waals surface area contributed by atoms with Crippen LogP contribution in [0.25, 0.3) is 0 Å². The van der Waals surface area contributed by atoms with Crippen LogP contribution in [0.1, 0.15) is 38.7 Å². The monoisotopic (exact) mass is 273 g/mol. The topological polar surface area (TPSA) is 29.5 Å². The van der Waals surface area contributed by atoms with Crippen molar-refractivity contribution in [2.75, 3.05) is 18.1 Å². The first-order valence-electron chi connectivity index (χ1n) is 7.57. The molecule has 2 aliphatic rings. The van der Waals surface area contributed by atoms with Crippen molar-refractivity contribution in [1.82, 2.24) is 0 Å². The number of fused-ring (bicyclic) bond motifs is 1. The van der Waals surface area contributed by atoms with E-state index in [1.807, 2.05) is 11.0 Å². The van der Waals surface area contributed by atoms with Gasteiger partial charge in [-0.3, -0.25) is 4.79 Å². The maximum Gasteiger partial charge on any atom is 0.227 e. The number of anilines is 1. The Balaban J connectivity index is 1.79. The zero-order valence-corrected chi connectivity index (χ0v) is 12.4. The van der Waals surface area contributed by atoms with Crippen molar-refractivity contribution in [3.8, 4) is 0 Å². The van der Waals surface area contributed by atoms with E-state index >= 15 is 0 Å². The summed E-state index contributed by atoms with van der Waals surface area (Å²) in [6, 6.07) is 8.29. The van der Waals surface area contributed by atoms with Crippen LogP contribution in [-0.4, -0.2) is 24.7 Å². The first-order valence-corrected chi connectivity index (χ1v) is 7.57. The lowest BCUT2D eigenvalue weighted by Crippen LogP contribution is -2.46. The molecule has 0 atom stereocenters. The Morgan fingerprint density at radius 3 is 2.75 bits per heavy atom. The quantitative estimate of drug-likeness (QED) is 0.828. The molecule has 0 unspecified atom stereocenters. The summed E-state index contributed by atoms with van der Waals surface area (Å²) in [6.07, 6.45) is 3.63. The molecular weight excluding hydrogens is 250 g/mol. The van der Waals surface area contributed by atoms with Gasteiger partial charge in [0.05, 0.1) is 0 Å². The van der Waals surface area contributed by atoms with Crippen LogP contribution in [0, 0.1) is 5.92 Å². The van der Waals surface area contributed by atoms with Gasteiger partial charge < -0.3 is 9.64 Å². The van der Waals surface area contributed by atoms with Gasteiger partial charge in [-0.1, -0.05) is 18.2 Å². The maximum absolute atomic E-state index is 12.8. The van der Waals surface area contributed by atoms with Crippen molar-refractivity contribution in [1.29, 1.82) is 0 Å². The summed E-state index contributed by atoms with van der Waals surface area (Å²) >= 11 is 0. The SMILES string of the molecule is CC1(C)Cc2ccccc2N1C(=O)CC1CCOCC1. The van der Waals surface area contributed by atoms with Crippen molar-refractivity contribution in [3.63, 3.8) is 0 Å². The molecule has 2 aliphatic heterocycles. The lowest BCUT2D eigenvalue weighted by Gasteiger charge is -2.34. The molecule has 1 aromatic carbocycles. The van der Waals surface area contributed by atoms with Crippen LogP contribution >= 0.6 is 0 Å². The first-order chi connectivity index (χ1) is 9.58. The molecule has 0 radical (unpaired) electrons. The minimum atomic E-state index is -0.105. The highest BCUT2D eigenvalue weighted by Gasteiger charge is 2.40. The fraction of sp³-hybridized carbons (Fsp3) is 0.588. The summed E-state index contributed by atoms with van der Waals surface area (Å²) in [5.41, 5.74) is 2.29. The van der Waals surface area contributed by atoms with E-state index in [9.17, 15) is 4.79 Å². The fourth-order valence-corrected chi connectivity index (χ4v) is 3.51. The number of carbonyl (C=O) groups is 1. The molecule has 1 fully saturated rings. The summed E-state index contributed by atoms with van der Waals surface area (Å²) in [7, 11) is 0. The van der Waals surface area contributed by atoms with Gasteiger partial charge in [0.15, 0.2) is 0 Å². The van der Waals surface area contributed by atoms with E-state index in [0.717, 1.165) is 38.2 Å². The Morgan fingerprint density at radius 1 is 1.30 bits per heavy atom. The number of nitrogens with zero attached hydrogens (tertiary/aromatic N) is 1. The van der Waals surface area contributed by atoms with E-state index < -0.39 is 0 Å². The van der Waals surface area contributed by atoms with Gasteiger partial charge in [0.2, 0.25) is 5.91 Å². The third kappa shape index (κ3) is 2.47. The Bertz CT molecular complexity index is 503. The van der Waals surface area contributed by atoms with Crippen molar-refractivity contribution >= 4 is 11.6 Å². The van der Waals surface area contributed by atoms with E-state index in [2.05, 4.69) is 32.0 Å². The number of carbonyl (C=O) groups excluding carboxylic acids is 1. The molecule has 1 saturated heterocycles. The molecule has 1 amide bonds. The molecule has 20 heavy (non-hydrogen) atoms. The van der Waals surface area contributed by atoms with E-state index in [4.69, 9.17) is 4.74 Å². The van der Waals surface area contributed by atoms with Crippen LogP contribution in [0.3, 0.4) is 0 Å². The van der Waals surface area contributed by atoms with Crippen molar-refractivity contribution in [2.24, 2.45) is 5.92 Å². The smallest absolute Gasteiger partial charge is 0.227 e. The van der Waals surface area contributed by atoms with E-state index in [1.165, 1.54) is 5.56 Å². The Kier molecular flexibility index (Phi) is 3.55. The van der Waals surface area contributed by atoms with Gasteiger partial charge in [-0.05, 0) is 50.7 Å². The van der Waals surface area contributed by atoms with Crippen molar-refractivity contribution < 1.29 is 9.53 Å². The molecule has 0 bridgehead atoms. The second-order valence-corrected chi connectivity index (χ2v) is 6.61. The van der Waals surface area contributed by atoms with Gasteiger partial charge in [-0.2, -0.15) is 0 Å². The number of rotatable bonds is 2. The van der Waals surface area contributed by atoms with E-state index in [1.54, 1.807) is 0 Å². The number of hydrogen-bond acceptors (Lipinski definition) is 2. The number of para-hydroxylation sites is 1. The molecule has 0 N–H and O–H groups in total. The number of hydrogen-bond donors (Lipinski definition) is 0. The molecule has 0 aliphatic carbocycles. The van der Waals surface area contributed by atoms with E-state index in [-0.39, 0.29) is 11.4 Å². The highest BCUT2D eigenvalue weighted by molar-refractivity contribution is 5.97. The predicted octanol–water partition coefficient (Wildman–Crippen LogP) is 3.17. The summed E-state index contributed by atoms with van der Waals surface area (Å²) in [5, 5.41) is 0. The van der Waals surface area contributed by atoms with Crippen molar-refractivity contribution in [2.45, 2.75) is 45.1 Å². The summed E-state index contributed by atoms with van der Waals surface area (Å²) in [6.45, 7) is 5.93. The Morgan fingerprint density at radius 2 is 2.00 bits per heavy atom. The van der Waals surface area contributed by atoms with Gasteiger partial charge in [-0.15, -0.1) is 0 Å². The molecule has 0 saturated carbocycles. The molecule has 2 heterocycles. The summed E-state index contributed by atoms with van der Waals surface area (Å²) < 4.78 is 5.38. The highest BCUT2D eigenvalue weighted by Crippen LogP contribution is 2.39. The lowest BCUT2D eigenvalue weighted by atomic mass is 9.94. The van der Waals surface area contributed by atoms with Crippen LogP contribution in [-0.2, 0) is 16.0 Å². The molecule has 108 valence electrons. The molecule has 3 rings (SSSR count). The van der Waals surface area contributed by atoms with Gasteiger partial charge in [0.1, 0.15) is 0 Å². The second kappa shape index (κ2) is 5.21. The zero-order chi connectivity index (χ0) is 14.2. The normalized spacial score (nSPS) is 21.8. The van der Waals surface area contributed by atoms with Crippen LogP contribution in [0.4, 0.5) is 5.69 Å². The largest absolute Gasteiger partial charge is 0.381 e. The van der Waals surface area contributed by atoms with Crippen molar-refractivity contribution in [3.05, 3.63) is 29.8 Å². The second-order valence-electron chi connectivity index (χ2n) is 6.61. The highest BCUT2D eigenvalue weighted by atomic mass is 16.5. The maximum atomic E-state index is 12.8. The summed E-state index contributed by atoms with van der Waals surface area (Å²) in [4.78, 5) is 14.8. The third-order valence-corrected chi connectivity index (χ3v) is 4.51. The van der Waals surface area contributed by atoms with Gasteiger partial charge in [0, 0.05) is 30.9 Å². The van der Waals surface area contributed by atoms with Crippen LogP contribution in [0.2, 0.25) is 0 Å². The molecule has 0 aromatic heterocycles. The molecular formula is C17H23NO2. The average molecular weight is 273 g/mol. The molecule has 1 aromatic rings. The van der Waals surface area contributed by atoms with Crippen LogP contribution in [0.5, 0.6) is 0 Å². The van der Waals surface area contributed by atoms with Gasteiger partial charge in [-0.25, -0.2) is 0 Å². The van der Waals surface area contributed by atoms with Gasteiger partial charge in [0.25, 0.3) is 0 Å². The average Bonchev–Trinajstić information content (AvgIpc) is 2.69. The van der Waals surface area contributed by atoms with Crippen LogP contribution in [0.15, 0.2) is 24.3 Å². The van der Waals surface area contributed by atoms with Crippen LogP contribution < -0.4 is 4.90 Å². The summed E-state index contributed by atoms with van der Waals surface area (Å²) in [5.74, 6) is 0.756. The van der Waals surface area contributed by atoms with E-state index in [0.29, 0.717) is 12.3 Å². The number of ether oxygens (including phenoxy) is 1. The molecule has 0 spiro atoms. The first kappa shape index (κ1) is 13.6. The number of amides is 1. The number of benzene rings is 1. The Hall–Kier alpha value is -1.35. The zero-order valence-electron chi connectivity index (χ0n) is 12.4. The minimum Gasteiger partial charge on any atom is -0.381 e. The molecule has 3 heteroatoms. The lowest BCUT2D eigenvalue weighted by molar-refractivity contribution is -0.121. The minimum absolute atomic E-state index is 0.105. The Labute approximate surface area is 120 Å². The van der Waals surface area contributed by atoms with Gasteiger partial charge >= 0.3 is 0 Å².